The molecule has 0 aliphatic heterocycles. The second-order valence-electron chi connectivity index (χ2n) is 5.79. The lowest BCUT2D eigenvalue weighted by molar-refractivity contribution is -0.121. The smallest absolute Gasteiger partial charge is 0.220 e. The lowest BCUT2D eigenvalue weighted by Gasteiger charge is -2.13. The van der Waals surface area contributed by atoms with Gasteiger partial charge in [-0.05, 0) is 43.0 Å². The number of aromatic nitrogens is 2. The maximum Gasteiger partial charge on any atom is 0.220 e. The van der Waals surface area contributed by atoms with Crippen LogP contribution in [0.15, 0.2) is 55.0 Å². The Kier molecular flexibility index (Phi) is 4.71. The van der Waals surface area contributed by atoms with Crippen molar-refractivity contribution >= 4 is 16.8 Å². The van der Waals surface area contributed by atoms with Crippen molar-refractivity contribution in [3.63, 3.8) is 0 Å². The third-order valence-electron chi connectivity index (χ3n) is 4.09. The molecule has 0 saturated heterocycles. The highest BCUT2D eigenvalue weighted by Gasteiger charge is 2.10. The van der Waals surface area contributed by atoms with Gasteiger partial charge in [-0.25, -0.2) is 0 Å². The maximum atomic E-state index is 12.1. The average Bonchev–Trinajstić information content (AvgIpc) is 2.99. The van der Waals surface area contributed by atoms with Crippen LogP contribution in [0.2, 0.25) is 0 Å². The summed E-state index contributed by atoms with van der Waals surface area (Å²) in [6, 6.07) is 12.1. The number of para-hydroxylation sites is 1. The lowest BCUT2D eigenvalue weighted by atomic mass is 10.1. The third-order valence-corrected chi connectivity index (χ3v) is 4.09. The van der Waals surface area contributed by atoms with E-state index in [-0.39, 0.29) is 11.9 Å². The fraction of sp³-hybridized carbons (Fsp3) is 0.263. The molecule has 23 heavy (non-hydrogen) atoms. The Balaban J connectivity index is 1.50. The molecule has 0 bridgehead atoms. The predicted octanol–water partition coefficient (Wildman–Crippen LogP) is 3.76. The van der Waals surface area contributed by atoms with E-state index in [1.165, 1.54) is 10.9 Å². The monoisotopic (exact) mass is 307 g/mol. The molecule has 2 heterocycles. The highest BCUT2D eigenvalue weighted by atomic mass is 16.1. The first-order valence-corrected chi connectivity index (χ1v) is 7.98. The number of aromatic amines is 1. The number of amides is 1. The Morgan fingerprint density at radius 1 is 1.26 bits per heavy atom. The first-order chi connectivity index (χ1) is 11.2. The van der Waals surface area contributed by atoms with Crippen LogP contribution in [0, 0.1) is 0 Å². The van der Waals surface area contributed by atoms with Crippen molar-refractivity contribution in [3.8, 4) is 0 Å². The number of hydrogen-bond acceptors (Lipinski definition) is 2. The van der Waals surface area contributed by atoms with Crippen LogP contribution >= 0.6 is 0 Å². The van der Waals surface area contributed by atoms with Gasteiger partial charge in [0.15, 0.2) is 0 Å². The van der Waals surface area contributed by atoms with Crippen LogP contribution in [-0.4, -0.2) is 15.9 Å². The normalized spacial score (nSPS) is 12.2. The number of aryl methyl sites for hydroxylation is 1. The van der Waals surface area contributed by atoms with Crippen molar-refractivity contribution in [1.29, 1.82) is 0 Å². The molecule has 2 N–H and O–H groups in total. The molecule has 1 atom stereocenters. The van der Waals surface area contributed by atoms with Crippen molar-refractivity contribution in [1.82, 2.24) is 15.3 Å². The van der Waals surface area contributed by atoms with Gasteiger partial charge >= 0.3 is 0 Å². The summed E-state index contributed by atoms with van der Waals surface area (Å²) in [7, 11) is 0. The van der Waals surface area contributed by atoms with Crippen LogP contribution in [0.5, 0.6) is 0 Å². The van der Waals surface area contributed by atoms with E-state index in [1.807, 2.05) is 37.4 Å². The van der Waals surface area contributed by atoms with E-state index < -0.39 is 0 Å². The molecule has 0 saturated carbocycles. The zero-order valence-corrected chi connectivity index (χ0v) is 13.3. The van der Waals surface area contributed by atoms with E-state index in [4.69, 9.17) is 0 Å². The van der Waals surface area contributed by atoms with Crippen molar-refractivity contribution in [2.24, 2.45) is 0 Å². The number of H-pyrrole nitrogens is 1. The summed E-state index contributed by atoms with van der Waals surface area (Å²) in [6.45, 7) is 1.98. The van der Waals surface area contributed by atoms with Gasteiger partial charge in [0.2, 0.25) is 5.91 Å². The molecule has 4 nitrogen and oxygen atoms in total. The van der Waals surface area contributed by atoms with Crippen LogP contribution in [-0.2, 0) is 11.2 Å². The van der Waals surface area contributed by atoms with Gasteiger partial charge in [0.05, 0.1) is 6.04 Å². The Bertz CT molecular complexity index is 779. The van der Waals surface area contributed by atoms with Crippen LogP contribution in [0.1, 0.15) is 36.9 Å². The number of hydrogen-bond donors (Lipinski definition) is 2. The third kappa shape index (κ3) is 3.77. The number of nitrogens with one attached hydrogen (secondary N) is 2. The summed E-state index contributed by atoms with van der Waals surface area (Å²) >= 11 is 0. The van der Waals surface area contributed by atoms with Gasteiger partial charge in [-0.2, -0.15) is 0 Å². The second-order valence-corrected chi connectivity index (χ2v) is 5.79. The van der Waals surface area contributed by atoms with Gasteiger partial charge in [0.25, 0.3) is 0 Å². The highest BCUT2D eigenvalue weighted by molar-refractivity contribution is 5.83. The topological polar surface area (TPSA) is 57.8 Å². The summed E-state index contributed by atoms with van der Waals surface area (Å²) in [5.41, 5.74) is 3.45. The maximum absolute atomic E-state index is 12.1. The number of pyridine rings is 1. The molecule has 0 fully saturated rings. The van der Waals surface area contributed by atoms with E-state index >= 15 is 0 Å². The molecule has 0 spiro atoms. The summed E-state index contributed by atoms with van der Waals surface area (Å²) in [5.74, 6) is 0.0844. The van der Waals surface area contributed by atoms with Gasteiger partial charge in [-0.1, -0.05) is 24.3 Å². The number of benzene rings is 1. The fourth-order valence-corrected chi connectivity index (χ4v) is 2.81. The van der Waals surface area contributed by atoms with Gasteiger partial charge in [0.1, 0.15) is 0 Å². The summed E-state index contributed by atoms with van der Waals surface area (Å²) in [6.07, 6.45) is 7.84. The molecular formula is C19H21N3O. The van der Waals surface area contributed by atoms with Crippen LogP contribution in [0.4, 0.5) is 0 Å². The zero-order chi connectivity index (χ0) is 16.1. The molecule has 0 aliphatic rings. The molecule has 118 valence electrons. The second kappa shape index (κ2) is 7.09. The fourth-order valence-electron chi connectivity index (χ4n) is 2.81. The molecule has 0 radical (unpaired) electrons. The predicted molar refractivity (Wildman–Crippen MR) is 92.0 cm³/mol. The van der Waals surface area contributed by atoms with Crippen LogP contribution < -0.4 is 5.32 Å². The Hall–Kier alpha value is -2.62. The number of carbonyl (C=O) groups excluding carboxylic acids is 1. The van der Waals surface area contributed by atoms with Crippen molar-refractivity contribution in [2.75, 3.05) is 0 Å². The van der Waals surface area contributed by atoms with Gasteiger partial charge < -0.3 is 10.3 Å². The van der Waals surface area contributed by atoms with E-state index in [2.05, 4.69) is 27.4 Å². The number of carbonyl (C=O) groups is 1. The van der Waals surface area contributed by atoms with Gasteiger partial charge in [0, 0.05) is 35.9 Å². The molecule has 1 aromatic carbocycles. The minimum atomic E-state index is -0.00992. The van der Waals surface area contributed by atoms with Gasteiger partial charge in [-0.3, -0.25) is 9.78 Å². The SMILES string of the molecule is CC(NC(=O)CCCc1c[nH]c2ccccc12)c1cccnc1. The molecule has 4 heteroatoms. The Morgan fingerprint density at radius 3 is 2.96 bits per heavy atom. The van der Waals surface area contributed by atoms with E-state index in [0.29, 0.717) is 6.42 Å². The molecule has 1 unspecified atom stereocenters. The number of nitrogens with zero attached hydrogens (tertiary/aromatic N) is 1. The first kappa shape index (κ1) is 15.3. The first-order valence-electron chi connectivity index (χ1n) is 7.98. The molecule has 0 aliphatic carbocycles. The number of rotatable bonds is 6. The molecule has 3 aromatic rings. The largest absolute Gasteiger partial charge is 0.361 e. The Labute approximate surface area is 136 Å². The summed E-state index contributed by atoms with van der Waals surface area (Å²) in [4.78, 5) is 19.4. The van der Waals surface area contributed by atoms with Crippen molar-refractivity contribution < 1.29 is 4.79 Å². The van der Waals surface area contributed by atoms with E-state index in [9.17, 15) is 4.79 Å². The molecule has 2 aromatic heterocycles. The Morgan fingerprint density at radius 2 is 2.13 bits per heavy atom. The standard InChI is InChI=1S/C19H21N3O/c1-14(15-7-5-11-20-12-15)22-19(23)10-4-6-16-13-21-18-9-3-2-8-17(16)18/h2-3,5,7-9,11-14,21H,4,6,10H2,1H3,(H,22,23). The van der Waals surface area contributed by atoms with E-state index in [0.717, 1.165) is 23.9 Å². The van der Waals surface area contributed by atoms with Crippen LogP contribution in [0.25, 0.3) is 10.9 Å². The average molecular weight is 307 g/mol. The minimum Gasteiger partial charge on any atom is -0.361 e. The summed E-state index contributed by atoms with van der Waals surface area (Å²) in [5, 5.41) is 4.27. The van der Waals surface area contributed by atoms with Crippen LogP contribution in [0.3, 0.4) is 0 Å². The van der Waals surface area contributed by atoms with Gasteiger partial charge in [-0.15, -0.1) is 0 Å². The quantitative estimate of drug-likeness (QED) is 0.728. The molecular weight excluding hydrogens is 286 g/mol. The molecule has 3 rings (SSSR count). The molecule has 1 amide bonds. The highest BCUT2D eigenvalue weighted by Crippen LogP contribution is 2.19. The van der Waals surface area contributed by atoms with E-state index in [1.54, 1.807) is 12.4 Å². The number of fused-ring (bicyclic) bond motifs is 1. The summed E-state index contributed by atoms with van der Waals surface area (Å²) < 4.78 is 0. The lowest BCUT2D eigenvalue weighted by Crippen LogP contribution is -2.26. The minimum absolute atomic E-state index is 0.00992. The zero-order valence-electron chi connectivity index (χ0n) is 13.3. The van der Waals surface area contributed by atoms with Crippen molar-refractivity contribution in [2.45, 2.75) is 32.2 Å². The van der Waals surface area contributed by atoms with Crippen molar-refractivity contribution in [3.05, 3.63) is 66.1 Å².